The Balaban J connectivity index is 0. The monoisotopic (exact) mass is 192 g/mol. The van der Waals surface area contributed by atoms with Crippen molar-refractivity contribution in [2.75, 3.05) is 0 Å². The number of rotatable bonds is 0. The highest BCUT2D eigenvalue weighted by atomic mass is 35.5. The van der Waals surface area contributed by atoms with Crippen molar-refractivity contribution in [3.05, 3.63) is 35.1 Å². The maximum absolute atomic E-state index is 12.2. The fourth-order valence-electron chi connectivity index (χ4n) is 0.439. The maximum Gasteiger partial charge on any atom is 0.316 e. The number of halogens is 3. The third-order valence-corrected chi connectivity index (χ3v) is 1.13. The molecular weight excluding hydrogens is 186 g/mol. The van der Waals surface area contributed by atoms with E-state index in [-0.39, 0.29) is 46.3 Å². The van der Waals surface area contributed by atoms with Crippen LogP contribution >= 0.6 is 24.0 Å². The Morgan fingerprint density at radius 1 is 1.20 bits per heavy atom. The fourth-order valence-corrected chi connectivity index (χ4v) is 0.575. The molecule has 0 heterocycles. The molecule has 4 heteroatoms. The van der Waals surface area contributed by atoms with Gasteiger partial charge in [-0.25, -0.2) is 4.39 Å². The van der Waals surface area contributed by atoms with E-state index < -0.39 is 0 Å². The van der Waals surface area contributed by atoms with E-state index in [1.165, 1.54) is 12.1 Å². The summed E-state index contributed by atoms with van der Waals surface area (Å²) in [4.78, 5) is 0. The summed E-state index contributed by atoms with van der Waals surface area (Å²) < 4.78 is 12.2. The van der Waals surface area contributed by atoms with Crippen molar-refractivity contribution in [3.63, 3.8) is 0 Å². The van der Waals surface area contributed by atoms with E-state index in [0.717, 1.165) is 0 Å². The molecule has 0 saturated heterocycles. The van der Waals surface area contributed by atoms with Crippen molar-refractivity contribution in [1.82, 2.24) is 0 Å². The van der Waals surface area contributed by atoms with Gasteiger partial charge in [-0.2, -0.15) is 0 Å². The Labute approximate surface area is 86.3 Å². The lowest BCUT2D eigenvalue weighted by molar-refractivity contribution is 0.628. The molecule has 1 aromatic carbocycles. The van der Waals surface area contributed by atoms with Gasteiger partial charge in [-0.15, -0.1) is 12.4 Å². The van der Waals surface area contributed by atoms with Gasteiger partial charge >= 0.3 is 23.1 Å². The van der Waals surface area contributed by atoms with Crippen LogP contribution in [0.4, 0.5) is 4.39 Å². The van der Waals surface area contributed by atoms with Gasteiger partial charge in [0.25, 0.3) is 0 Å². The second-order valence-corrected chi connectivity index (χ2v) is 1.82. The molecule has 0 amide bonds. The third kappa shape index (κ3) is 3.61. The summed E-state index contributed by atoms with van der Waals surface area (Å²) in [5, 5.41) is 0.174. The van der Waals surface area contributed by atoms with Crippen molar-refractivity contribution >= 4 is 47.1 Å². The zero-order valence-corrected chi connectivity index (χ0v) is 6.05. The molecule has 0 radical (unpaired) electrons. The van der Waals surface area contributed by atoms with Crippen LogP contribution in [0.15, 0.2) is 24.3 Å². The van der Waals surface area contributed by atoms with Crippen LogP contribution in [-0.2, 0) is 0 Å². The zero-order chi connectivity index (χ0) is 5.98. The highest BCUT2D eigenvalue weighted by Gasteiger charge is 1.91. The molecule has 0 aliphatic heterocycles. The van der Waals surface area contributed by atoms with Crippen molar-refractivity contribution in [2.24, 2.45) is 0 Å². The van der Waals surface area contributed by atoms with E-state index in [1.807, 2.05) is 0 Å². The Morgan fingerprint density at radius 3 is 2.00 bits per heavy atom. The minimum atomic E-state index is -0.367. The lowest BCUT2D eigenvalue weighted by atomic mass is 10.4. The average molecular weight is 193 g/mol. The predicted molar refractivity (Wildman–Crippen MR) is 47.2 cm³/mol. The van der Waals surface area contributed by atoms with E-state index in [4.69, 9.17) is 11.6 Å². The highest BCUT2D eigenvalue weighted by molar-refractivity contribution is 6.30. The Bertz CT molecular complexity index is 172. The molecule has 1 rings (SSSR count). The summed E-state index contributed by atoms with van der Waals surface area (Å²) in [7, 11) is 0. The lowest BCUT2D eigenvalue weighted by Crippen LogP contribution is -1.70. The molecule has 0 aliphatic carbocycles. The van der Waals surface area contributed by atoms with Crippen molar-refractivity contribution in [3.8, 4) is 0 Å². The molecule has 0 bridgehead atoms. The van der Waals surface area contributed by atoms with E-state index in [2.05, 4.69) is 0 Å². The summed E-state index contributed by atoms with van der Waals surface area (Å²) in [5.74, 6) is -0.367. The van der Waals surface area contributed by atoms with Crippen LogP contribution in [-0.4, -0.2) is 23.1 Å². The van der Waals surface area contributed by atoms with Gasteiger partial charge in [0, 0.05) is 0 Å². The second-order valence-electron chi connectivity index (χ2n) is 1.41. The molecule has 0 saturated carbocycles. The molecule has 0 fully saturated rings. The minimum absolute atomic E-state index is 0. The third-order valence-electron chi connectivity index (χ3n) is 0.824. The van der Waals surface area contributed by atoms with Gasteiger partial charge in [0.1, 0.15) is 5.82 Å². The van der Waals surface area contributed by atoms with Crippen LogP contribution in [0, 0.1) is 5.82 Å². The highest BCUT2D eigenvalue weighted by Crippen LogP contribution is 2.11. The van der Waals surface area contributed by atoms with Crippen LogP contribution in [0.2, 0.25) is 5.02 Å². The lowest BCUT2D eigenvalue weighted by Gasteiger charge is -1.86. The molecule has 0 aliphatic rings. The average Bonchev–Trinajstić information content (AvgIpc) is 1.77. The van der Waals surface area contributed by atoms with Gasteiger partial charge in [0.15, 0.2) is 0 Å². The van der Waals surface area contributed by atoms with Gasteiger partial charge in [0.05, 0.1) is 5.02 Å². The summed E-state index contributed by atoms with van der Waals surface area (Å²) in [5.41, 5.74) is 0. The predicted octanol–water partition coefficient (Wildman–Crippen LogP) is 1.98. The Morgan fingerprint density at radius 2 is 1.70 bits per heavy atom. The maximum atomic E-state index is 12.2. The second kappa shape index (κ2) is 6.22. The quantitative estimate of drug-likeness (QED) is 0.553. The first-order chi connectivity index (χ1) is 3.80. The van der Waals surface area contributed by atoms with Gasteiger partial charge in [-0.3, -0.25) is 0 Å². The van der Waals surface area contributed by atoms with Gasteiger partial charge in [-0.1, -0.05) is 23.7 Å². The topological polar surface area (TPSA) is 0 Å². The SMILES string of the molecule is Cl.Fc1ccccc1Cl.[MgH2]. The molecule has 0 aromatic heterocycles. The first-order valence-corrected chi connectivity index (χ1v) is 2.58. The largest absolute Gasteiger partial charge is 0.316 e. The molecule has 1 aromatic rings. The molecule has 54 valence electrons. The molecule has 0 nitrogen and oxygen atoms in total. The first-order valence-electron chi connectivity index (χ1n) is 2.21. The van der Waals surface area contributed by atoms with Crippen LogP contribution in [0.25, 0.3) is 0 Å². The number of hydrogen-bond acceptors (Lipinski definition) is 0. The van der Waals surface area contributed by atoms with Gasteiger partial charge < -0.3 is 0 Å². The van der Waals surface area contributed by atoms with E-state index in [1.54, 1.807) is 12.1 Å². The Kier molecular flexibility index (Phi) is 8.16. The van der Waals surface area contributed by atoms with E-state index >= 15 is 0 Å². The van der Waals surface area contributed by atoms with Crippen LogP contribution < -0.4 is 0 Å². The normalized spacial score (nSPS) is 7.40. The van der Waals surface area contributed by atoms with Crippen molar-refractivity contribution in [1.29, 1.82) is 0 Å². The van der Waals surface area contributed by atoms with Gasteiger partial charge in [-0.05, 0) is 12.1 Å². The molecule has 10 heavy (non-hydrogen) atoms. The van der Waals surface area contributed by atoms with Crippen LogP contribution in [0.1, 0.15) is 0 Å². The minimum Gasteiger partial charge on any atom is -0.205 e. The summed E-state index contributed by atoms with van der Waals surface area (Å²) in [6.07, 6.45) is 0. The molecule has 0 spiro atoms. The molecular formula is C6H7Cl2FMg. The number of benzene rings is 1. The number of hydrogen-bond donors (Lipinski definition) is 0. The molecule has 0 unspecified atom stereocenters. The fraction of sp³-hybridized carbons (Fsp3) is 0. The van der Waals surface area contributed by atoms with Gasteiger partial charge in [0.2, 0.25) is 0 Å². The van der Waals surface area contributed by atoms with Crippen LogP contribution in [0.3, 0.4) is 0 Å². The molecule has 0 N–H and O–H groups in total. The summed E-state index contributed by atoms with van der Waals surface area (Å²) in [6.45, 7) is 0. The Hall–Kier alpha value is 0.496. The van der Waals surface area contributed by atoms with Crippen LogP contribution in [0.5, 0.6) is 0 Å². The van der Waals surface area contributed by atoms with E-state index in [9.17, 15) is 4.39 Å². The zero-order valence-electron chi connectivity index (χ0n) is 4.47. The smallest absolute Gasteiger partial charge is 0.205 e. The standard InChI is InChI=1S/C6H4ClF.ClH.Mg.2H/c7-5-3-1-2-4-6(5)8;;;;/h1-4H;1H;;;. The van der Waals surface area contributed by atoms with E-state index in [0.29, 0.717) is 0 Å². The van der Waals surface area contributed by atoms with Crippen molar-refractivity contribution < 1.29 is 4.39 Å². The summed E-state index contributed by atoms with van der Waals surface area (Å²) >= 11 is 5.33. The summed E-state index contributed by atoms with van der Waals surface area (Å²) in [6, 6.07) is 6.12. The van der Waals surface area contributed by atoms with Crippen molar-refractivity contribution in [2.45, 2.75) is 0 Å². The molecule has 0 atom stereocenters. The first kappa shape index (κ1) is 13.1.